The molecule has 6 heteroatoms. The highest BCUT2D eigenvalue weighted by molar-refractivity contribution is 9.10. The van der Waals surface area contributed by atoms with E-state index >= 15 is 0 Å². The standard InChI is InChI=1S/C11H10BrF3N2/c1-7-4-8(2-3-9(7)12)10(5-16)17-6-11(13,14)15/h2-4,10,17H,6H2,1H3. The highest BCUT2D eigenvalue weighted by Crippen LogP contribution is 2.22. The first-order valence-electron chi connectivity index (χ1n) is 4.79. The lowest BCUT2D eigenvalue weighted by molar-refractivity contribution is -0.125. The number of nitrogens with one attached hydrogen (secondary N) is 1. The Morgan fingerprint density at radius 2 is 2.12 bits per heavy atom. The Morgan fingerprint density at radius 3 is 2.59 bits per heavy atom. The first-order valence-corrected chi connectivity index (χ1v) is 5.58. The molecule has 0 aromatic heterocycles. The quantitative estimate of drug-likeness (QED) is 0.928. The van der Waals surface area contributed by atoms with Crippen LogP contribution in [0.3, 0.4) is 0 Å². The van der Waals surface area contributed by atoms with Crippen molar-refractivity contribution in [3.63, 3.8) is 0 Å². The van der Waals surface area contributed by atoms with Crippen molar-refractivity contribution in [2.75, 3.05) is 6.54 Å². The molecule has 92 valence electrons. The van der Waals surface area contributed by atoms with Crippen molar-refractivity contribution < 1.29 is 13.2 Å². The molecule has 0 spiro atoms. The normalized spacial score (nSPS) is 13.2. The number of nitrogens with zero attached hydrogens (tertiary/aromatic N) is 1. The van der Waals surface area contributed by atoms with E-state index in [0.717, 1.165) is 10.0 Å². The van der Waals surface area contributed by atoms with E-state index in [-0.39, 0.29) is 0 Å². The zero-order valence-corrected chi connectivity index (χ0v) is 10.6. The highest BCUT2D eigenvalue weighted by atomic mass is 79.9. The first-order chi connectivity index (χ1) is 7.83. The SMILES string of the molecule is Cc1cc(C(C#N)NCC(F)(F)F)ccc1Br. The summed E-state index contributed by atoms with van der Waals surface area (Å²) in [5, 5.41) is 11.0. The van der Waals surface area contributed by atoms with Crippen molar-refractivity contribution in [1.82, 2.24) is 5.32 Å². The van der Waals surface area contributed by atoms with Crippen molar-refractivity contribution in [3.8, 4) is 6.07 Å². The number of hydrogen-bond donors (Lipinski definition) is 1. The minimum absolute atomic E-state index is 0.525. The maximum Gasteiger partial charge on any atom is 0.401 e. The van der Waals surface area contributed by atoms with Crippen LogP contribution in [-0.2, 0) is 0 Å². The summed E-state index contributed by atoms with van der Waals surface area (Å²) in [5.74, 6) is 0. The predicted molar refractivity (Wildman–Crippen MR) is 61.3 cm³/mol. The topological polar surface area (TPSA) is 35.8 Å². The summed E-state index contributed by atoms with van der Waals surface area (Å²) in [6.07, 6.45) is -4.32. The van der Waals surface area contributed by atoms with Gasteiger partial charge in [0.2, 0.25) is 0 Å². The number of benzene rings is 1. The second-order valence-corrected chi connectivity index (χ2v) is 4.42. The summed E-state index contributed by atoms with van der Waals surface area (Å²) in [6.45, 7) is 0.631. The molecule has 2 nitrogen and oxygen atoms in total. The summed E-state index contributed by atoms with van der Waals surface area (Å²) < 4.78 is 37.0. The van der Waals surface area contributed by atoms with Gasteiger partial charge in [-0.3, -0.25) is 5.32 Å². The fourth-order valence-electron chi connectivity index (χ4n) is 1.30. The van der Waals surface area contributed by atoms with E-state index in [2.05, 4.69) is 21.2 Å². The maximum absolute atomic E-state index is 12.0. The molecule has 1 atom stereocenters. The van der Waals surface area contributed by atoms with E-state index < -0.39 is 18.8 Å². The van der Waals surface area contributed by atoms with Crippen molar-refractivity contribution in [3.05, 3.63) is 33.8 Å². The summed E-state index contributed by atoms with van der Waals surface area (Å²) in [6, 6.07) is 5.87. The zero-order chi connectivity index (χ0) is 13.1. The van der Waals surface area contributed by atoms with Crippen LogP contribution < -0.4 is 5.32 Å². The predicted octanol–water partition coefficient (Wildman–Crippen LogP) is 3.47. The van der Waals surface area contributed by atoms with Gasteiger partial charge in [-0.25, -0.2) is 0 Å². The Bertz CT molecular complexity index is 437. The van der Waals surface area contributed by atoms with Crippen molar-refractivity contribution in [2.45, 2.75) is 19.1 Å². The Labute approximate surface area is 106 Å². The van der Waals surface area contributed by atoms with E-state index in [0.29, 0.717) is 5.56 Å². The van der Waals surface area contributed by atoms with Crippen LogP contribution in [0.5, 0.6) is 0 Å². The van der Waals surface area contributed by atoms with Crippen molar-refractivity contribution in [1.29, 1.82) is 5.26 Å². The van der Waals surface area contributed by atoms with E-state index in [1.165, 1.54) is 0 Å². The van der Waals surface area contributed by atoms with Crippen LogP contribution in [0.2, 0.25) is 0 Å². The molecular formula is C11H10BrF3N2. The summed E-state index contributed by atoms with van der Waals surface area (Å²) in [7, 11) is 0. The molecule has 0 aliphatic rings. The highest BCUT2D eigenvalue weighted by Gasteiger charge is 2.28. The van der Waals surface area contributed by atoms with Crippen LogP contribution >= 0.6 is 15.9 Å². The van der Waals surface area contributed by atoms with Crippen LogP contribution in [0.25, 0.3) is 0 Å². The Balaban J connectivity index is 2.81. The smallest absolute Gasteiger partial charge is 0.290 e. The maximum atomic E-state index is 12.0. The fourth-order valence-corrected chi connectivity index (χ4v) is 1.55. The van der Waals surface area contributed by atoms with Gasteiger partial charge in [-0.2, -0.15) is 18.4 Å². The molecule has 0 saturated carbocycles. The van der Waals surface area contributed by atoms with Crippen LogP contribution in [0.4, 0.5) is 13.2 Å². The molecule has 1 rings (SSSR count). The van der Waals surface area contributed by atoms with Gasteiger partial charge in [0.25, 0.3) is 0 Å². The molecule has 0 aliphatic heterocycles. The molecule has 1 aromatic carbocycles. The molecule has 17 heavy (non-hydrogen) atoms. The minimum Gasteiger partial charge on any atom is -0.290 e. The Morgan fingerprint density at radius 1 is 1.47 bits per heavy atom. The largest absolute Gasteiger partial charge is 0.401 e. The van der Waals surface area contributed by atoms with Crippen LogP contribution in [0.15, 0.2) is 22.7 Å². The molecule has 0 amide bonds. The number of alkyl halides is 3. The molecular weight excluding hydrogens is 297 g/mol. The van der Waals surface area contributed by atoms with Crippen LogP contribution in [0.1, 0.15) is 17.2 Å². The van der Waals surface area contributed by atoms with Gasteiger partial charge >= 0.3 is 6.18 Å². The third-order valence-corrected chi connectivity index (χ3v) is 3.04. The van der Waals surface area contributed by atoms with Crippen molar-refractivity contribution in [2.24, 2.45) is 0 Å². The molecule has 0 fully saturated rings. The molecule has 0 aliphatic carbocycles. The molecule has 0 radical (unpaired) electrons. The van der Waals surface area contributed by atoms with Gasteiger partial charge in [0.15, 0.2) is 0 Å². The third-order valence-electron chi connectivity index (χ3n) is 2.15. The molecule has 1 N–H and O–H groups in total. The average Bonchev–Trinajstić information content (AvgIpc) is 2.22. The minimum atomic E-state index is -4.32. The lowest BCUT2D eigenvalue weighted by Crippen LogP contribution is -2.31. The first kappa shape index (κ1) is 14.0. The van der Waals surface area contributed by atoms with Gasteiger partial charge in [0, 0.05) is 4.47 Å². The van der Waals surface area contributed by atoms with Gasteiger partial charge in [0.1, 0.15) is 6.04 Å². The zero-order valence-electron chi connectivity index (χ0n) is 8.98. The van der Waals surface area contributed by atoms with Crippen LogP contribution in [0, 0.1) is 18.3 Å². The van der Waals surface area contributed by atoms with E-state index in [1.807, 2.05) is 13.0 Å². The van der Waals surface area contributed by atoms with Crippen molar-refractivity contribution >= 4 is 15.9 Å². The number of aryl methyl sites for hydroxylation is 1. The Kier molecular flexibility index (Phi) is 4.54. The lowest BCUT2D eigenvalue weighted by atomic mass is 10.1. The van der Waals surface area contributed by atoms with Gasteiger partial charge in [0.05, 0.1) is 12.6 Å². The van der Waals surface area contributed by atoms with Gasteiger partial charge in [-0.1, -0.05) is 28.1 Å². The van der Waals surface area contributed by atoms with Gasteiger partial charge in [-0.15, -0.1) is 0 Å². The molecule has 0 saturated heterocycles. The second-order valence-electron chi connectivity index (χ2n) is 3.57. The summed E-state index contributed by atoms with van der Waals surface area (Å²) in [5.41, 5.74) is 1.40. The van der Waals surface area contributed by atoms with E-state index in [9.17, 15) is 13.2 Å². The second kappa shape index (κ2) is 5.52. The molecule has 0 bridgehead atoms. The number of rotatable bonds is 3. The average molecular weight is 307 g/mol. The molecule has 1 unspecified atom stereocenters. The van der Waals surface area contributed by atoms with Gasteiger partial charge in [-0.05, 0) is 24.1 Å². The Hall–Kier alpha value is -1.06. The number of halogens is 4. The molecule has 0 heterocycles. The fraction of sp³-hybridized carbons (Fsp3) is 0.364. The molecule has 1 aromatic rings. The lowest BCUT2D eigenvalue weighted by Gasteiger charge is -2.14. The summed E-state index contributed by atoms with van der Waals surface area (Å²) in [4.78, 5) is 0. The number of hydrogen-bond acceptors (Lipinski definition) is 2. The monoisotopic (exact) mass is 306 g/mol. The van der Waals surface area contributed by atoms with Crippen LogP contribution in [-0.4, -0.2) is 12.7 Å². The van der Waals surface area contributed by atoms with E-state index in [1.54, 1.807) is 18.2 Å². The number of nitriles is 1. The van der Waals surface area contributed by atoms with E-state index in [4.69, 9.17) is 5.26 Å². The summed E-state index contributed by atoms with van der Waals surface area (Å²) >= 11 is 3.29. The van der Waals surface area contributed by atoms with Gasteiger partial charge < -0.3 is 0 Å². The third kappa shape index (κ3) is 4.36.